The van der Waals surface area contributed by atoms with Crippen LogP contribution in [0.25, 0.3) is 11.4 Å². The monoisotopic (exact) mass is 377 g/mol. The number of hydrogen-bond donors (Lipinski definition) is 0. The zero-order chi connectivity index (χ0) is 19.3. The number of hydrogen-bond acceptors (Lipinski definition) is 5. The summed E-state index contributed by atoms with van der Waals surface area (Å²) < 4.78 is 10.8. The number of rotatable bonds is 5. The predicted octanol–water partition coefficient (Wildman–Crippen LogP) is 3.69. The van der Waals surface area contributed by atoms with E-state index in [1.807, 2.05) is 59.5 Å². The van der Waals surface area contributed by atoms with E-state index < -0.39 is 0 Å². The average Bonchev–Trinajstić information content (AvgIpc) is 3.25. The van der Waals surface area contributed by atoms with Gasteiger partial charge >= 0.3 is 0 Å². The lowest BCUT2D eigenvalue weighted by molar-refractivity contribution is -0.131. The maximum atomic E-state index is 12.7. The third-order valence-corrected chi connectivity index (χ3v) is 5.09. The minimum absolute atomic E-state index is 0.0698. The quantitative estimate of drug-likeness (QED) is 0.678. The van der Waals surface area contributed by atoms with Crippen molar-refractivity contribution in [3.05, 3.63) is 66.1 Å². The van der Waals surface area contributed by atoms with Crippen molar-refractivity contribution < 1.29 is 14.1 Å². The maximum absolute atomic E-state index is 12.7. The summed E-state index contributed by atoms with van der Waals surface area (Å²) in [6, 6.07) is 17.4. The minimum atomic E-state index is 0.0698. The van der Waals surface area contributed by atoms with Crippen LogP contribution in [-0.4, -0.2) is 41.1 Å². The van der Waals surface area contributed by atoms with Gasteiger partial charge in [-0.2, -0.15) is 4.98 Å². The van der Waals surface area contributed by atoms with Crippen LogP contribution in [0.5, 0.6) is 5.75 Å². The number of methoxy groups -OCH3 is 1. The van der Waals surface area contributed by atoms with Crippen LogP contribution in [0.2, 0.25) is 0 Å². The number of aromatic nitrogens is 2. The van der Waals surface area contributed by atoms with E-state index in [-0.39, 0.29) is 11.8 Å². The molecule has 1 aromatic heterocycles. The van der Waals surface area contributed by atoms with Crippen LogP contribution in [0.3, 0.4) is 0 Å². The number of ether oxygens (including phenoxy) is 1. The number of benzene rings is 2. The Balaban J connectivity index is 1.45. The molecule has 144 valence electrons. The molecule has 0 N–H and O–H groups in total. The Labute approximate surface area is 164 Å². The van der Waals surface area contributed by atoms with E-state index in [0.29, 0.717) is 24.7 Å². The number of carbonyl (C=O) groups is 1. The Morgan fingerprint density at radius 2 is 2.07 bits per heavy atom. The van der Waals surface area contributed by atoms with Gasteiger partial charge in [-0.25, -0.2) is 0 Å². The molecule has 1 aliphatic rings. The number of piperidine rings is 1. The lowest BCUT2D eigenvalue weighted by Gasteiger charge is -2.31. The van der Waals surface area contributed by atoms with Gasteiger partial charge in [0.15, 0.2) is 0 Å². The molecule has 2 heterocycles. The van der Waals surface area contributed by atoms with Crippen molar-refractivity contribution in [2.75, 3.05) is 20.2 Å². The summed E-state index contributed by atoms with van der Waals surface area (Å²) in [5.74, 6) is 2.10. The molecule has 0 unspecified atom stereocenters. The van der Waals surface area contributed by atoms with Gasteiger partial charge in [0.1, 0.15) is 5.75 Å². The predicted molar refractivity (Wildman–Crippen MR) is 105 cm³/mol. The number of amides is 1. The second-order valence-electron chi connectivity index (χ2n) is 7.03. The molecule has 1 atom stereocenters. The van der Waals surface area contributed by atoms with Crippen molar-refractivity contribution in [3.63, 3.8) is 0 Å². The summed E-state index contributed by atoms with van der Waals surface area (Å²) in [6.07, 6.45) is 2.30. The Hall–Kier alpha value is -3.15. The standard InChI is InChI=1S/C22H23N3O3/c1-27-19-11-5-9-17(14-19)21-23-22(28-24-21)18-10-6-12-25(15-18)20(26)13-16-7-3-2-4-8-16/h2-5,7-9,11,14,18H,6,10,12-13,15H2,1H3/t18-/m1/s1. The molecule has 1 fully saturated rings. The third kappa shape index (κ3) is 4.06. The smallest absolute Gasteiger partial charge is 0.231 e. The topological polar surface area (TPSA) is 68.5 Å². The van der Waals surface area contributed by atoms with Gasteiger partial charge in [0.2, 0.25) is 17.6 Å². The zero-order valence-corrected chi connectivity index (χ0v) is 15.9. The Morgan fingerprint density at radius 3 is 2.89 bits per heavy atom. The molecule has 1 saturated heterocycles. The number of nitrogens with zero attached hydrogens (tertiary/aromatic N) is 3. The molecule has 6 nitrogen and oxygen atoms in total. The first-order valence-electron chi connectivity index (χ1n) is 9.52. The van der Waals surface area contributed by atoms with Gasteiger partial charge < -0.3 is 14.2 Å². The van der Waals surface area contributed by atoms with Crippen molar-refractivity contribution in [2.24, 2.45) is 0 Å². The van der Waals surface area contributed by atoms with Gasteiger partial charge in [0, 0.05) is 18.7 Å². The van der Waals surface area contributed by atoms with Gasteiger partial charge in [0.05, 0.1) is 19.4 Å². The highest BCUT2D eigenvalue weighted by Gasteiger charge is 2.28. The second kappa shape index (κ2) is 8.25. The van der Waals surface area contributed by atoms with Crippen molar-refractivity contribution in [1.82, 2.24) is 15.0 Å². The molecular weight excluding hydrogens is 354 g/mol. The normalized spacial score (nSPS) is 16.8. The highest BCUT2D eigenvalue weighted by Crippen LogP contribution is 2.28. The van der Waals surface area contributed by atoms with E-state index >= 15 is 0 Å². The molecule has 6 heteroatoms. The summed E-state index contributed by atoms with van der Waals surface area (Å²) in [7, 11) is 1.63. The van der Waals surface area contributed by atoms with Gasteiger partial charge in [-0.1, -0.05) is 47.6 Å². The number of carbonyl (C=O) groups excluding carboxylic acids is 1. The average molecular weight is 377 g/mol. The SMILES string of the molecule is COc1cccc(-c2noc([C@@H]3CCCN(C(=O)Cc4ccccc4)C3)n2)c1. The van der Waals surface area contributed by atoms with Gasteiger partial charge in [-0.05, 0) is 30.5 Å². The Kier molecular flexibility index (Phi) is 5.37. The fourth-order valence-corrected chi connectivity index (χ4v) is 3.57. The molecule has 28 heavy (non-hydrogen) atoms. The molecule has 4 rings (SSSR count). The summed E-state index contributed by atoms with van der Waals surface area (Å²) in [5, 5.41) is 4.13. The van der Waals surface area contributed by atoms with Gasteiger partial charge in [0.25, 0.3) is 0 Å². The zero-order valence-electron chi connectivity index (χ0n) is 15.9. The van der Waals surface area contributed by atoms with Gasteiger partial charge in [-0.15, -0.1) is 0 Å². The molecule has 0 aliphatic carbocycles. The summed E-state index contributed by atoms with van der Waals surface area (Å²) in [4.78, 5) is 19.2. The lowest BCUT2D eigenvalue weighted by atomic mass is 9.97. The van der Waals surface area contributed by atoms with E-state index in [9.17, 15) is 4.79 Å². The largest absolute Gasteiger partial charge is 0.497 e. The first-order chi connectivity index (χ1) is 13.7. The molecular formula is C22H23N3O3. The van der Waals surface area contributed by atoms with Gasteiger partial charge in [-0.3, -0.25) is 4.79 Å². The van der Waals surface area contributed by atoms with E-state index in [1.165, 1.54) is 0 Å². The maximum Gasteiger partial charge on any atom is 0.231 e. The molecule has 0 bridgehead atoms. The van der Waals surface area contributed by atoms with Crippen LogP contribution in [0.1, 0.15) is 30.2 Å². The van der Waals surface area contributed by atoms with E-state index in [0.717, 1.165) is 36.3 Å². The van der Waals surface area contributed by atoms with Crippen molar-refractivity contribution in [1.29, 1.82) is 0 Å². The van der Waals surface area contributed by atoms with Crippen LogP contribution in [0.4, 0.5) is 0 Å². The van der Waals surface area contributed by atoms with Crippen LogP contribution in [0, 0.1) is 0 Å². The van der Waals surface area contributed by atoms with E-state index in [4.69, 9.17) is 9.26 Å². The van der Waals surface area contributed by atoms with E-state index in [1.54, 1.807) is 7.11 Å². The number of likely N-dealkylation sites (tertiary alicyclic amines) is 1. The van der Waals surface area contributed by atoms with Crippen LogP contribution >= 0.6 is 0 Å². The summed E-state index contributed by atoms with van der Waals surface area (Å²) in [5.41, 5.74) is 1.88. The molecule has 0 saturated carbocycles. The first-order valence-corrected chi connectivity index (χ1v) is 9.52. The fraction of sp³-hybridized carbons (Fsp3) is 0.318. The minimum Gasteiger partial charge on any atom is -0.497 e. The molecule has 0 spiro atoms. The third-order valence-electron chi connectivity index (χ3n) is 5.09. The van der Waals surface area contributed by atoms with Crippen molar-refractivity contribution >= 4 is 5.91 Å². The van der Waals surface area contributed by atoms with Crippen molar-refractivity contribution in [3.8, 4) is 17.1 Å². The molecule has 2 aromatic carbocycles. The molecule has 1 aliphatic heterocycles. The summed E-state index contributed by atoms with van der Waals surface area (Å²) >= 11 is 0. The van der Waals surface area contributed by atoms with E-state index in [2.05, 4.69) is 10.1 Å². The molecule has 1 amide bonds. The second-order valence-corrected chi connectivity index (χ2v) is 7.03. The first kappa shape index (κ1) is 18.2. The Morgan fingerprint density at radius 1 is 1.21 bits per heavy atom. The molecule has 0 radical (unpaired) electrons. The highest BCUT2D eigenvalue weighted by atomic mass is 16.5. The highest BCUT2D eigenvalue weighted by molar-refractivity contribution is 5.79. The van der Waals surface area contributed by atoms with Crippen LogP contribution in [0.15, 0.2) is 59.1 Å². The Bertz CT molecular complexity index is 939. The lowest BCUT2D eigenvalue weighted by Crippen LogP contribution is -2.40. The van der Waals surface area contributed by atoms with Crippen LogP contribution in [-0.2, 0) is 11.2 Å². The molecule has 3 aromatic rings. The van der Waals surface area contributed by atoms with Crippen molar-refractivity contribution in [2.45, 2.75) is 25.2 Å². The van der Waals surface area contributed by atoms with Crippen LogP contribution < -0.4 is 4.74 Å². The summed E-state index contributed by atoms with van der Waals surface area (Å²) in [6.45, 7) is 1.39. The fourth-order valence-electron chi connectivity index (χ4n) is 3.57.